The van der Waals surface area contributed by atoms with Gasteiger partial charge in [0, 0.05) is 26.2 Å². The number of carbonyl (C=O) groups excluding carboxylic acids is 1. The molecule has 1 aliphatic rings. The van der Waals surface area contributed by atoms with Crippen LogP contribution in [-0.4, -0.2) is 59.5 Å². The molecule has 0 atom stereocenters. The van der Waals surface area contributed by atoms with Crippen LogP contribution in [0.1, 0.15) is 10.4 Å². The van der Waals surface area contributed by atoms with Gasteiger partial charge in [0.05, 0.1) is 17.1 Å². The fourth-order valence-corrected chi connectivity index (χ4v) is 2.35. The topological polar surface area (TPSA) is 60.9 Å². The van der Waals surface area contributed by atoms with Gasteiger partial charge in [-0.1, -0.05) is 17.7 Å². The molecule has 0 spiro atoms. The van der Waals surface area contributed by atoms with Gasteiger partial charge in [0.25, 0.3) is 5.91 Å². The van der Waals surface area contributed by atoms with Gasteiger partial charge in [-0.05, 0) is 12.1 Å². The highest BCUT2D eigenvalue weighted by Gasteiger charge is 2.25. The Bertz CT molecular complexity index is 530. The Morgan fingerprint density at radius 2 is 1.90 bits per heavy atom. The van der Waals surface area contributed by atoms with Crippen molar-refractivity contribution in [3.8, 4) is 0 Å². The number of nitrogens with zero attached hydrogens (tertiary/aromatic N) is 2. The standard InChI is InChI=1S/C13H14ClFN2O3/c14-12-9(2-1-3-10(12)15)13(20)17-6-4-16(5-7-17)8-11(18)19/h1-3H,4-8H2,(H,18,19). The number of aliphatic carboxylic acids is 1. The van der Waals surface area contributed by atoms with Crippen molar-refractivity contribution in [3.05, 3.63) is 34.6 Å². The Kier molecular flexibility index (Phi) is 4.57. The molecule has 0 aromatic heterocycles. The molecule has 7 heteroatoms. The molecule has 1 aromatic rings. The number of halogens is 2. The lowest BCUT2D eigenvalue weighted by atomic mass is 10.1. The number of benzene rings is 1. The van der Waals surface area contributed by atoms with E-state index in [1.807, 2.05) is 0 Å². The quantitative estimate of drug-likeness (QED) is 0.914. The van der Waals surface area contributed by atoms with E-state index in [9.17, 15) is 14.0 Å². The molecule has 1 saturated heterocycles. The molecule has 1 heterocycles. The van der Waals surface area contributed by atoms with Gasteiger partial charge < -0.3 is 10.0 Å². The first-order chi connectivity index (χ1) is 9.49. The van der Waals surface area contributed by atoms with Crippen LogP contribution in [0.4, 0.5) is 4.39 Å². The molecule has 1 N–H and O–H groups in total. The minimum atomic E-state index is -0.891. The predicted molar refractivity (Wildman–Crippen MR) is 71.4 cm³/mol. The predicted octanol–water partition coefficient (Wildman–Crippen LogP) is 1.32. The fourth-order valence-electron chi connectivity index (χ4n) is 2.14. The average Bonchev–Trinajstić information content (AvgIpc) is 2.41. The zero-order valence-electron chi connectivity index (χ0n) is 10.7. The summed E-state index contributed by atoms with van der Waals surface area (Å²) in [6.45, 7) is 1.72. The molecule has 1 aliphatic heterocycles. The number of carboxylic acids is 1. The molecule has 0 bridgehead atoms. The van der Waals surface area contributed by atoms with Gasteiger partial charge in [-0.2, -0.15) is 0 Å². The lowest BCUT2D eigenvalue weighted by Crippen LogP contribution is -2.49. The van der Waals surface area contributed by atoms with Crippen molar-refractivity contribution in [2.24, 2.45) is 0 Å². The summed E-state index contributed by atoms with van der Waals surface area (Å²) in [5.41, 5.74) is 0.137. The summed E-state index contributed by atoms with van der Waals surface area (Å²) in [5.74, 6) is -1.84. The molecule has 0 aliphatic carbocycles. The lowest BCUT2D eigenvalue weighted by molar-refractivity contribution is -0.138. The van der Waals surface area contributed by atoms with Gasteiger partial charge in [-0.3, -0.25) is 14.5 Å². The van der Waals surface area contributed by atoms with Gasteiger partial charge in [-0.15, -0.1) is 0 Å². The summed E-state index contributed by atoms with van der Waals surface area (Å²) in [6.07, 6.45) is 0. The maximum Gasteiger partial charge on any atom is 0.317 e. The molecular formula is C13H14ClFN2O3. The van der Waals surface area contributed by atoms with Gasteiger partial charge in [0.1, 0.15) is 5.82 Å². The normalized spacial score (nSPS) is 16.2. The largest absolute Gasteiger partial charge is 0.480 e. The second-order valence-corrected chi connectivity index (χ2v) is 4.94. The Morgan fingerprint density at radius 1 is 1.25 bits per heavy atom. The van der Waals surface area contributed by atoms with Gasteiger partial charge >= 0.3 is 5.97 Å². The molecule has 0 radical (unpaired) electrons. The van der Waals surface area contributed by atoms with E-state index in [1.165, 1.54) is 18.2 Å². The Hall–Kier alpha value is -1.66. The monoisotopic (exact) mass is 300 g/mol. The molecule has 20 heavy (non-hydrogen) atoms. The minimum absolute atomic E-state index is 0.0389. The van der Waals surface area contributed by atoms with E-state index in [0.29, 0.717) is 26.2 Å². The zero-order chi connectivity index (χ0) is 14.7. The van der Waals surface area contributed by atoms with Gasteiger partial charge in [-0.25, -0.2) is 4.39 Å². The fraction of sp³-hybridized carbons (Fsp3) is 0.385. The Labute approximate surface area is 120 Å². The highest BCUT2D eigenvalue weighted by molar-refractivity contribution is 6.34. The van der Waals surface area contributed by atoms with Crippen molar-refractivity contribution >= 4 is 23.5 Å². The van der Waals surface area contributed by atoms with E-state index in [4.69, 9.17) is 16.7 Å². The maximum absolute atomic E-state index is 13.3. The van der Waals surface area contributed by atoms with Crippen LogP contribution in [0.2, 0.25) is 5.02 Å². The van der Waals surface area contributed by atoms with Crippen molar-refractivity contribution < 1.29 is 19.1 Å². The molecule has 1 fully saturated rings. The van der Waals surface area contributed by atoms with Crippen LogP contribution in [0.3, 0.4) is 0 Å². The van der Waals surface area contributed by atoms with Gasteiger partial charge in [0.2, 0.25) is 0 Å². The van der Waals surface area contributed by atoms with Crippen LogP contribution in [0, 0.1) is 5.82 Å². The highest BCUT2D eigenvalue weighted by Crippen LogP contribution is 2.21. The maximum atomic E-state index is 13.3. The van der Waals surface area contributed by atoms with Crippen LogP contribution in [-0.2, 0) is 4.79 Å². The van der Waals surface area contributed by atoms with E-state index in [1.54, 1.807) is 9.80 Å². The summed E-state index contributed by atoms with van der Waals surface area (Å²) in [4.78, 5) is 26.2. The second-order valence-electron chi connectivity index (χ2n) is 4.56. The third-order valence-corrected chi connectivity index (χ3v) is 3.58. The molecule has 2 rings (SSSR count). The van der Waals surface area contributed by atoms with Crippen molar-refractivity contribution in [1.82, 2.24) is 9.80 Å². The lowest BCUT2D eigenvalue weighted by Gasteiger charge is -2.34. The number of rotatable bonds is 3. The summed E-state index contributed by atoms with van der Waals surface area (Å²) < 4.78 is 13.3. The third kappa shape index (κ3) is 3.26. The van der Waals surface area contributed by atoms with Crippen LogP contribution >= 0.6 is 11.6 Å². The van der Waals surface area contributed by atoms with Crippen LogP contribution < -0.4 is 0 Å². The van der Waals surface area contributed by atoms with E-state index in [-0.39, 0.29) is 23.0 Å². The van der Waals surface area contributed by atoms with Crippen LogP contribution in [0.15, 0.2) is 18.2 Å². The number of piperazine rings is 1. The average molecular weight is 301 g/mol. The number of hydrogen-bond donors (Lipinski definition) is 1. The second kappa shape index (κ2) is 6.19. The Morgan fingerprint density at radius 3 is 2.50 bits per heavy atom. The number of carboxylic acid groups (broad SMARTS) is 1. The van der Waals surface area contributed by atoms with E-state index in [2.05, 4.69) is 0 Å². The first kappa shape index (κ1) is 14.7. The van der Waals surface area contributed by atoms with Crippen LogP contribution in [0.5, 0.6) is 0 Å². The number of carbonyl (C=O) groups is 2. The molecule has 5 nitrogen and oxygen atoms in total. The molecule has 108 valence electrons. The Balaban J connectivity index is 2.02. The highest BCUT2D eigenvalue weighted by atomic mass is 35.5. The summed E-state index contributed by atoms with van der Waals surface area (Å²) in [7, 11) is 0. The number of amides is 1. The zero-order valence-corrected chi connectivity index (χ0v) is 11.4. The van der Waals surface area contributed by atoms with E-state index in [0.717, 1.165) is 0 Å². The molecule has 1 amide bonds. The molecule has 1 aromatic carbocycles. The van der Waals surface area contributed by atoms with Crippen LogP contribution in [0.25, 0.3) is 0 Å². The molecular weight excluding hydrogens is 287 g/mol. The van der Waals surface area contributed by atoms with Crippen molar-refractivity contribution in [3.63, 3.8) is 0 Å². The van der Waals surface area contributed by atoms with Gasteiger partial charge in [0.15, 0.2) is 0 Å². The van der Waals surface area contributed by atoms with E-state index < -0.39 is 11.8 Å². The smallest absolute Gasteiger partial charge is 0.317 e. The SMILES string of the molecule is O=C(O)CN1CCN(C(=O)c2cccc(F)c2Cl)CC1. The first-order valence-corrected chi connectivity index (χ1v) is 6.54. The summed E-state index contributed by atoms with van der Waals surface area (Å²) >= 11 is 5.79. The van der Waals surface area contributed by atoms with Crippen molar-refractivity contribution in [2.75, 3.05) is 32.7 Å². The summed E-state index contributed by atoms with van der Waals surface area (Å²) in [6, 6.07) is 4.12. The minimum Gasteiger partial charge on any atom is -0.480 e. The summed E-state index contributed by atoms with van der Waals surface area (Å²) in [5, 5.41) is 8.53. The van der Waals surface area contributed by atoms with E-state index >= 15 is 0 Å². The molecule has 0 saturated carbocycles. The first-order valence-electron chi connectivity index (χ1n) is 6.16. The number of hydrogen-bond acceptors (Lipinski definition) is 3. The molecule has 0 unspecified atom stereocenters. The third-order valence-electron chi connectivity index (χ3n) is 3.20. The van der Waals surface area contributed by atoms with Crippen molar-refractivity contribution in [1.29, 1.82) is 0 Å². The van der Waals surface area contributed by atoms with Crippen molar-refractivity contribution in [2.45, 2.75) is 0 Å².